The molecular weight excluding hydrogens is 228 g/mol. The van der Waals surface area contributed by atoms with Crippen LogP contribution in [0.2, 0.25) is 0 Å². The van der Waals surface area contributed by atoms with E-state index in [0.717, 1.165) is 29.1 Å². The van der Waals surface area contributed by atoms with Gasteiger partial charge in [-0.2, -0.15) is 10.2 Å². The molecule has 0 fully saturated rings. The molecule has 0 radical (unpaired) electrons. The first-order valence-electron chi connectivity index (χ1n) is 6.02. The third-order valence-corrected chi connectivity index (χ3v) is 3.01. The van der Waals surface area contributed by atoms with Gasteiger partial charge in [0.1, 0.15) is 0 Å². The van der Waals surface area contributed by atoms with Gasteiger partial charge in [0.2, 0.25) is 0 Å². The summed E-state index contributed by atoms with van der Waals surface area (Å²) in [6.07, 6.45) is 2.63. The van der Waals surface area contributed by atoms with E-state index < -0.39 is 0 Å². The van der Waals surface area contributed by atoms with Crippen molar-refractivity contribution in [3.05, 3.63) is 34.9 Å². The van der Waals surface area contributed by atoms with Crippen molar-refractivity contribution in [2.45, 2.75) is 26.3 Å². The minimum Gasteiger partial charge on any atom is -0.308 e. The standard InChI is InChI=1S/C12H18N6/c1-5-10-9(6-8(2)15-16-10)12(13-3)11-7-14-17-18(11)4/h6-7,12-13H,5H2,1-4H3. The molecule has 96 valence electrons. The summed E-state index contributed by atoms with van der Waals surface area (Å²) < 4.78 is 1.77. The van der Waals surface area contributed by atoms with Crippen LogP contribution >= 0.6 is 0 Å². The molecule has 0 saturated heterocycles. The zero-order chi connectivity index (χ0) is 13.1. The van der Waals surface area contributed by atoms with Crippen LogP contribution in [-0.4, -0.2) is 32.2 Å². The highest BCUT2D eigenvalue weighted by atomic mass is 15.4. The van der Waals surface area contributed by atoms with Crippen molar-refractivity contribution in [3.63, 3.8) is 0 Å². The number of nitrogens with zero attached hydrogens (tertiary/aromatic N) is 5. The highest BCUT2D eigenvalue weighted by Crippen LogP contribution is 2.23. The molecule has 2 rings (SSSR count). The van der Waals surface area contributed by atoms with E-state index >= 15 is 0 Å². The Labute approximate surface area is 106 Å². The molecule has 1 unspecified atom stereocenters. The number of hydrogen-bond donors (Lipinski definition) is 1. The van der Waals surface area contributed by atoms with Crippen LogP contribution in [0.5, 0.6) is 0 Å². The fourth-order valence-corrected chi connectivity index (χ4v) is 2.08. The molecule has 1 N–H and O–H groups in total. The molecule has 2 aromatic heterocycles. The number of aromatic nitrogens is 5. The third kappa shape index (κ3) is 2.24. The summed E-state index contributed by atoms with van der Waals surface area (Å²) in [6.45, 7) is 4.03. The molecule has 0 spiro atoms. The molecule has 6 nitrogen and oxygen atoms in total. The van der Waals surface area contributed by atoms with Crippen molar-refractivity contribution < 1.29 is 0 Å². The summed E-state index contributed by atoms with van der Waals surface area (Å²) in [6, 6.07) is 2.11. The molecule has 0 aliphatic rings. The lowest BCUT2D eigenvalue weighted by atomic mass is 10.0. The fraction of sp³-hybridized carbons (Fsp3) is 0.500. The summed E-state index contributed by atoms with van der Waals surface area (Å²) in [4.78, 5) is 0. The predicted molar refractivity (Wildman–Crippen MR) is 68.1 cm³/mol. The summed E-state index contributed by atoms with van der Waals surface area (Å²) in [5.74, 6) is 0. The van der Waals surface area contributed by atoms with Crippen molar-refractivity contribution in [1.29, 1.82) is 0 Å². The molecule has 18 heavy (non-hydrogen) atoms. The lowest BCUT2D eigenvalue weighted by Crippen LogP contribution is -2.22. The average molecular weight is 246 g/mol. The van der Waals surface area contributed by atoms with Gasteiger partial charge in [0.15, 0.2) is 0 Å². The Morgan fingerprint density at radius 1 is 1.39 bits per heavy atom. The molecule has 0 aliphatic heterocycles. The van der Waals surface area contributed by atoms with Gasteiger partial charge in [-0.15, -0.1) is 5.10 Å². The zero-order valence-corrected chi connectivity index (χ0v) is 11.2. The molecule has 2 aromatic rings. The van der Waals surface area contributed by atoms with E-state index in [4.69, 9.17) is 0 Å². The van der Waals surface area contributed by atoms with Gasteiger partial charge in [0, 0.05) is 12.6 Å². The Morgan fingerprint density at radius 3 is 2.72 bits per heavy atom. The summed E-state index contributed by atoms with van der Waals surface area (Å²) in [5.41, 5.74) is 4.07. The Bertz CT molecular complexity index is 533. The summed E-state index contributed by atoms with van der Waals surface area (Å²) in [7, 11) is 3.81. The lowest BCUT2D eigenvalue weighted by molar-refractivity contribution is 0.589. The van der Waals surface area contributed by atoms with E-state index in [1.54, 1.807) is 10.9 Å². The minimum atomic E-state index is 0.0362. The molecule has 0 bridgehead atoms. The van der Waals surface area contributed by atoms with E-state index in [9.17, 15) is 0 Å². The van der Waals surface area contributed by atoms with Gasteiger partial charge in [-0.3, -0.25) is 4.68 Å². The number of aryl methyl sites for hydroxylation is 3. The maximum absolute atomic E-state index is 4.27. The first-order valence-corrected chi connectivity index (χ1v) is 6.02. The third-order valence-electron chi connectivity index (χ3n) is 3.01. The van der Waals surface area contributed by atoms with E-state index in [1.807, 2.05) is 21.0 Å². The number of nitrogens with one attached hydrogen (secondary N) is 1. The SMILES string of the molecule is CCc1nnc(C)cc1C(NC)c1cnnn1C. The second-order valence-electron chi connectivity index (χ2n) is 4.25. The Balaban J connectivity index is 2.51. The van der Waals surface area contributed by atoms with Crippen molar-refractivity contribution in [2.75, 3.05) is 7.05 Å². The molecule has 2 heterocycles. The Hall–Kier alpha value is -1.82. The maximum atomic E-state index is 4.27. The Kier molecular flexibility index (Phi) is 3.66. The van der Waals surface area contributed by atoms with E-state index in [-0.39, 0.29) is 6.04 Å². The predicted octanol–water partition coefficient (Wildman–Crippen LogP) is 0.785. The first kappa shape index (κ1) is 12.6. The Morgan fingerprint density at radius 2 is 2.17 bits per heavy atom. The molecule has 0 aliphatic carbocycles. The smallest absolute Gasteiger partial charge is 0.0799 e. The van der Waals surface area contributed by atoms with Crippen molar-refractivity contribution in [3.8, 4) is 0 Å². The molecule has 0 saturated carbocycles. The van der Waals surface area contributed by atoms with Gasteiger partial charge in [0.05, 0.1) is 29.3 Å². The fourth-order valence-electron chi connectivity index (χ4n) is 2.08. The van der Waals surface area contributed by atoms with E-state index in [0.29, 0.717) is 0 Å². The molecule has 1 atom stereocenters. The van der Waals surface area contributed by atoms with Crippen LogP contribution in [0.4, 0.5) is 0 Å². The van der Waals surface area contributed by atoms with Gasteiger partial charge >= 0.3 is 0 Å². The largest absolute Gasteiger partial charge is 0.308 e. The summed E-state index contributed by atoms with van der Waals surface area (Å²) in [5, 5.41) is 19.6. The average Bonchev–Trinajstić information content (AvgIpc) is 2.77. The molecule has 0 aromatic carbocycles. The van der Waals surface area contributed by atoms with Gasteiger partial charge < -0.3 is 5.32 Å². The number of rotatable bonds is 4. The van der Waals surface area contributed by atoms with E-state index in [2.05, 4.69) is 38.8 Å². The maximum Gasteiger partial charge on any atom is 0.0799 e. The van der Waals surface area contributed by atoms with Crippen LogP contribution in [0.1, 0.15) is 35.6 Å². The van der Waals surface area contributed by atoms with Crippen LogP contribution in [0.25, 0.3) is 0 Å². The second-order valence-corrected chi connectivity index (χ2v) is 4.25. The highest BCUT2D eigenvalue weighted by molar-refractivity contribution is 5.30. The van der Waals surface area contributed by atoms with Crippen LogP contribution < -0.4 is 5.32 Å². The quantitative estimate of drug-likeness (QED) is 0.863. The molecule has 6 heteroatoms. The second kappa shape index (κ2) is 5.22. The topological polar surface area (TPSA) is 68.5 Å². The monoisotopic (exact) mass is 246 g/mol. The van der Waals surface area contributed by atoms with Crippen LogP contribution in [0.15, 0.2) is 12.3 Å². The van der Waals surface area contributed by atoms with Gasteiger partial charge in [-0.1, -0.05) is 12.1 Å². The summed E-state index contributed by atoms with van der Waals surface area (Å²) >= 11 is 0. The lowest BCUT2D eigenvalue weighted by Gasteiger charge is -2.18. The highest BCUT2D eigenvalue weighted by Gasteiger charge is 2.20. The van der Waals surface area contributed by atoms with Crippen LogP contribution in [0.3, 0.4) is 0 Å². The van der Waals surface area contributed by atoms with Gasteiger partial charge in [-0.25, -0.2) is 0 Å². The van der Waals surface area contributed by atoms with Crippen molar-refractivity contribution in [2.24, 2.45) is 7.05 Å². The molecular formula is C12H18N6. The first-order chi connectivity index (χ1) is 8.67. The minimum absolute atomic E-state index is 0.0362. The normalized spacial score (nSPS) is 12.7. The van der Waals surface area contributed by atoms with Crippen LogP contribution in [0, 0.1) is 6.92 Å². The molecule has 0 amide bonds. The van der Waals surface area contributed by atoms with Crippen molar-refractivity contribution >= 4 is 0 Å². The van der Waals surface area contributed by atoms with Gasteiger partial charge in [0.25, 0.3) is 0 Å². The number of hydrogen-bond acceptors (Lipinski definition) is 5. The van der Waals surface area contributed by atoms with Gasteiger partial charge in [-0.05, 0) is 26.5 Å². The van der Waals surface area contributed by atoms with E-state index in [1.165, 1.54) is 0 Å². The van der Waals surface area contributed by atoms with Crippen molar-refractivity contribution in [1.82, 2.24) is 30.5 Å². The van der Waals surface area contributed by atoms with Crippen LogP contribution in [-0.2, 0) is 13.5 Å². The zero-order valence-electron chi connectivity index (χ0n) is 11.2.